The van der Waals surface area contributed by atoms with Crippen molar-refractivity contribution in [3.63, 3.8) is 0 Å². The molecule has 0 aliphatic heterocycles. The van der Waals surface area contributed by atoms with Gasteiger partial charge in [0.15, 0.2) is 0 Å². The van der Waals surface area contributed by atoms with E-state index in [9.17, 15) is 4.79 Å². The average molecular weight is 261 g/mol. The van der Waals surface area contributed by atoms with Crippen LogP contribution in [0.25, 0.3) is 0 Å². The molecule has 88 valence electrons. The van der Waals surface area contributed by atoms with Crippen molar-refractivity contribution in [1.29, 1.82) is 0 Å². The standard InChI is InChI=1S/C11H13ClO3S/c1-7(5-11(13)14)16-8-3-4-10(15-2)9(12)6-8/h3-4,6-7H,5H2,1-2H3,(H,13,14). The first-order valence-electron chi connectivity index (χ1n) is 4.75. The van der Waals surface area contributed by atoms with Gasteiger partial charge in [-0.2, -0.15) is 0 Å². The maximum absolute atomic E-state index is 10.5. The van der Waals surface area contributed by atoms with E-state index in [4.69, 9.17) is 21.4 Å². The van der Waals surface area contributed by atoms with Gasteiger partial charge in [0.05, 0.1) is 18.6 Å². The number of benzene rings is 1. The number of carbonyl (C=O) groups is 1. The Hall–Kier alpha value is -0.870. The number of hydrogen-bond acceptors (Lipinski definition) is 3. The molecular weight excluding hydrogens is 248 g/mol. The summed E-state index contributed by atoms with van der Waals surface area (Å²) in [6, 6.07) is 5.43. The summed E-state index contributed by atoms with van der Waals surface area (Å²) in [5, 5.41) is 9.19. The van der Waals surface area contributed by atoms with E-state index in [1.807, 2.05) is 13.0 Å². The molecule has 0 saturated carbocycles. The van der Waals surface area contributed by atoms with Gasteiger partial charge in [0.25, 0.3) is 0 Å². The van der Waals surface area contributed by atoms with Gasteiger partial charge in [-0.1, -0.05) is 18.5 Å². The minimum Gasteiger partial charge on any atom is -0.495 e. The van der Waals surface area contributed by atoms with Crippen molar-refractivity contribution in [2.24, 2.45) is 0 Å². The summed E-state index contributed by atoms with van der Waals surface area (Å²) in [6.07, 6.45) is 0.133. The van der Waals surface area contributed by atoms with E-state index in [2.05, 4.69) is 0 Å². The van der Waals surface area contributed by atoms with Crippen LogP contribution in [0.15, 0.2) is 23.1 Å². The lowest BCUT2D eigenvalue weighted by Gasteiger charge is -2.10. The van der Waals surface area contributed by atoms with Crippen LogP contribution >= 0.6 is 23.4 Å². The minimum absolute atomic E-state index is 0.0157. The monoisotopic (exact) mass is 260 g/mol. The van der Waals surface area contributed by atoms with E-state index in [0.29, 0.717) is 10.8 Å². The quantitative estimate of drug-likeness (QED) is 0.825. The summed E-state index contributed by atoms with van der Waals surface area (Å²) in [7, 11) is 1.56. The predicted molar refractivity (Wildman–Crippen MR) is 65.6 cm³/mol. The lowest BCUT2D eigenvalue weighted by molar-refractivity contribution is -0.136. The fraction of sp³-hybridized carbons (Fsp3) is 0.364. The topological polar surface area (TPSA) is 46.5 Å². The minimum atomic E-state index is -0.792. The molecule has 0 spiro atoms. The van der Waals surface area contributed by atoms with E-state index in [-0.39, 0.29) is 11.7 Å². The zero-order chi connectivity index (χ0) is 12.1. The predicted octanol–water partition coefficient (Wildman–Crippen LogP) is 3.30. The van der Waals surface area contributed by atoms with Gasteiger partial charge in [0.2, 0.25) is 0 Å². The molecule has 1 rings (SSSR count). The summed E-state index contributed by atoms with van der Waals surface area (Å²) in [6.45, 7) is 1.87. The van der Waals surface area contributed by atoms with Crippen molar-refractivity contribution < 1.29 is 14.6 Å². The number of rotatable bonds is 5. The highest BCUT2D eigenvalue weighted by Crippen LogP contribution is 2.32. The van der Waals surface area contributed by atoms with Gasteiger partial charge in [0, 0.05) is 10.1 Å². The molecule has 0 aliphatic carbocycles. The molecule has 5 heteroatoms. The molecule has 0 saturated heterocycles. The van der Waals surface area contributed by atoms with Crippen molar-refractivity contribution in [1.82, 2.24) is 0 Å². The Bertz CT molecular complexity index is 381. The average Bonchev–Trinajstić information content (AvgIpc) is 2.16. The number of thioether (sulfide) groups is 1. The van der Waals surface area contributed by atoms with Crippen LogP contribution in [-0.4, -0.2) is 23.4 Å². The largest absolute Gasteiger partial charge is 0.495 e. The molecule has 3 nitrogen and oxygen atoms in total. The first-order chi connectivity index (χ1) is 7.52. The van der Waals surface area contributed by atoms with Crippen LogP contribution in [0.4, 0.5) is 0 Å². The molecule has 1 unspecified atom stereocenters. The number of methoxy groups -OCH3 is 1. The van der Waals surface area contributed by atoms with Gasteiger partial charge in [0.1, 0.15) is 5.75 Å². The first-order valence-corrected chi connectivity index (χ1v) is 6.00. The SMILES string of the molecule is COc1ccc(SC(C)CC(=O)O)cc1Cl. The van der Waals surface area contributed by atoms with Crippen LogP contribution in [0.2, 0.25) is 5.02 Å². The number of carboxylic acids is 1. The second-order valence-corrected chi connectivity index (χ2v) is 5.24. The van der Waals surface area contributed by atoms with Crippen molar-refractivity contribution in [2.45, 2.75) is 23.5 Å². The van der Waals surface area contributed by atoms with Crippen molar-refractivity contribution in [3.8, 4) is 5.75 Å². The third kappa shape index (κ3) is 3.94. The van der Waals surface area contributed by atoms with Crippen LogP contribution in [-0.2, 0) is 4.79 Å². The Balaban J connectivity index is 2.67. The normalized spacial score (nSPS) is 12.2. The Labute approximate surface area is 104 Å². The lowest BCUT2D eigenvalue weighted by atomic mass is 10.3. The van der Waals surface area contributed by atoms with Crippen LogP contribution < -0.4 is 4.74 Å². The third-order valence-electron chi connectivity index (χ3n) is 1.92. The molecule has 0 heterocycles. The van der Waals surface area contributed by atoms with Crippen LogP contribution in [0, 0.1) is 0 Å². The number of halogens is 1. The van der Waals surface area contributed by atoms with Crippen molar-refractivity contribution in [3.05, 3.63) is 23.2 Å². The summed E-state index contributed by atoms with van der Waals surface area (Å²) in [5.74, 6) is -0.170. The lowest BCUT2D eigenvalue weighted by Crippen LogP contribution is -2.05. The van der Waals surface area contributed by atoms with Gasteiger partial charge in [-0.25, -0.2) is 0 Å². The van der Waals surface area contributed by atoms with E-state index in [1.165, 1.54) is 11.8 Å². The van der Waals surface area contributed by atoms with Crippen LogP contribution in [0.3, 0.4) is 0 Å². The highest BCUT2D eigenvalue weighted by molar-refractivity contribution is 8.00. The molecule has 1 aromatic carbocycles. The highest BCUT2D eigenvalue weighted by Gasteiger charge is 2.10. The molecular formula is C11H13ClO3S. The molecule has 0 aromatic heterocycles. The summed E-state index contributed by atoms with van der Waals surface area (Å²) in [4.78, 5) is 11.5. The van der Waals surface area contributed by atoms with Gasteiger partial charge in [-0.15, -0.1) is 11.8 Å². The smallest absolute Gasteiger partial charge is 0.304 e. The highest BCUT2D eigenvalue weighted by atomic mass is 35.5. The molecule has 0 fully saturated rings. The van der Waals surface area contributed by atoms with E-state index < -0.39 is 5.97 Å². The second kappa shape index (κ2) is 6.01. The molecule has 1 N–H and O–H groups in total. The van der Waals surface area contributed by atoms with E-state index in [0.717, 1.165) is 4.90 Å². The zero-order valence-corrected chi connectivity index (χ0v) is 10.6. The Morgan fingerprint density at radius 3 is 2.81 bits per heavy atom. The Kier molecular flexibility index (Phi) is 4.96. The van der Waals surface area contributed by atoms with E-state index in [1.54, 1.807) is 19.2 Å². The van der Waals surface area contributed by atoms with Crippen molar-refractivity contribution in [2.75, 3.05) is 7.11 Å². The maximum atomic E-state index is 10.5. The van der Waals surface area contributed by atoms with Crippen LogP contribution in [0.1, 0.15) is 13.3 Å². The molecule has 0 radical (unpaired) electrons. The molecule has 0 bridgehead atoms. The fourth-order valence-corrected chi connectivity index (χ4v) is 2.59. The number of hydrogen-bond donors (Lipinski definition) is 1. The molecule has 16 heavy (non-hydrogen) atoms. The van der Waals surface area contributed by atoms with Crippen molar-refractivity contribution >= 4 is 29.3 Å². The summed E-state index contributed by atoms with van der Waals surface area (Å²) in [5.41, 5.74) is 0. The van der Waals surface area contributed by atoms with Gasteiger partial charge < -0.3 is 9.84 Å². The fourth-order valence-electron chi connectivity index (χ4n) is 1.24. The summed E-state index contributed by atoms with van der Waals surface area (Å²) >= 11 is 7.45. The molecule has 1 aromatic rings. The number of ether oxygens (including phenoxy) is 1. The maximum Gasteiger partial charge on any atom is 0.304 e. The van der Waals surface area contributed by atoms with Gasteiger partial charge in [-0.3, -0.25) is 4.79 Å². The van der Waals surface area contributed by atoms with Gasteiger partial charge in [-0.05, 0) is 18.2 Å². The Morgan fingerprint density at radius 1 is 1.62 bits per heavy atom. The third-order valence-corrected chi connectivity index (χ3v) is 3.31. The Morgan fingerprint density at radius 2 is 2.31 bits per heavy atom. The summed E-state index contributed by atoms with van der Waals surface area (Å²) < 4.78 is 5.03. The number of carboxylic acid groups (broad SMARTS) is 1. The van der Waals surface area contributed by atoms with Crippen LogP contribution in [0.5, 0.6) is 5.75 Å². The molecule has 1 atom stereocenters. The molecule has 0 aliphatic rings. The zero-order valence-electron chi connectivity index (χ0n) is 9.07. The second-order valence-electron chi connectivity index (χ2n) is 3.32. The molecule has 0 amide bonds. The van der Waals surface area contributed by atoms with E-state index >= 15 is 0 Å². The first kappa shape index (κ1) is 13.2. The van der Waals surface area contributed by atoms with Gasteiger partial charge >= 0.3 is 5.97 Å². The number of aliphatic carboxylic acids is 1.